The largest absolute Gasteiger partial charge is 0.484 e. The third-order valence-electron chi connectivity index (χ3n) is 5.02. The number of carbonyl (C=O) groups excluding carboxylic acids is 2. The minimum Gasteiger partial charge on any atom is -0.484 e. The van der Waals surface area contributed by atoms with Crippen molar-refractivity contribution in [3.8, 4) is 5.75 Å². The number of piperidine rings is 1. The van der Waals surface area contributed by atoms with Gasteiger partial charge in [-0.3, -0.25) is 9.59 Å². The number of carbonyl (C=O) groups is 2. The van der Waals surface area contributed by atoms with Gasteiger partial charge in [0.15, 0.2) is 6.61 Å². The number of hydrogen-bond donors (Lipinski definition) is 1. The number of amides is 2. The molecule has 0 saturated carbocycles. The van der Waals surface area contributed by atoms with Crippen LogP contribution in [0.1, 0.15) is 59.3 Å². The number of anilines is 1. The van der Waals surface area contributed by atoms with Crippen molar-refractivity contribution >= 4 is 17.5 Å². The van der Waals surface area contributed by atoms with Gasteiger partial charge in [0.05, 0.1) is 0 Å². The average Bonchev–Trinajstić information content (AvgIpc) is 2.72. The first kappa shape index (κ1) is 22.2. The molecule has 1 saturated heterocycles. The van der Waals surface area contributed by atoms with Crippen LogP contribution in [0, 0.1) is 0 Å². The van der Waals surface area contributed by atoms with Crippen LogP contribution in [0.3, 0.4) is 0 Å². The molecule has 0 spiro atoms. The Balaban J connectivity index is 1.87. The third kappa shape index (κ3) is 6.51. The van der Waals surface area contributed by atoms with Crippen LogP contribution in [0.2, 0.25) is 0 Å². The normalized spacial score (nSPS) is 16.3. The number of hydrogen-bond acceptors (Lipinski definition) is 4. The molecule has 6 nitrogen and oxygen atoms in total. The highest BCUT2D eigenvalue weighted by Crippen LogP contribution is 2.22. The Hall–Kier alpha value is -2.08. The van der Waals surface area contributed by atoms with Gasteiger partial charge in [-0.1, -0.05) is 20.3 Å². The van der Waals surface area contributed by atoms with Crippen LogP contribution in [0.15, 0.2) is 24.3 Å². The monoisotopic (exact) mass is 390 g/mol. The van der Waals surface area contributed by atoms with Crippen LogP contribution in [0.25, 0.3) is 0 Å². The van der Waals surface area contributed by atoms with Crippen molar-refractivity contribution in [1.29, 1.82) is 0 Å². The second-order valence-corrected chi connectivity index (χ2v) is 7.54. The van der Waals surface area contributed by atoms with E-state index in [1.165, 1.54) is 6.42 Å². The molecule has 1 N–H and O–H groups in total. The van der Waals surface area contributed by atoms with Crippen molar-refractivity contribution in [2.24, 2.45) is 0 Å². The van der Waals surface area contributed by atoms with E-state index in [9.17, 15) is 9.59 Å². The second kappa shape index (κ2) is 11.1. The van der Waals surface area contributed by atoms with Crippen LogP contribution in [-0.2, 0) is 14.3 Å². The van der Waals surface area contributed by atoms with Crippen molar-refractivity contribution in [3.05, 3.63) is 24.3 Å². The lowest BCUT2D eigenvalue weighted by Gasteiger charge is -2.28. The molecule has 0 aliphatic carbocycles. The maximum atomic E-state index is 12.7. The van der Waals surface area contributed by atoms with E-state index in [0.29, 0.717) is 24.5 Å². The van der Waals surface area contributed by atoms with Gasteiger partial charge < -0.3 is 19.7 Å². The number of nitrogens with one attached hydrogen (secondary N) is 1. The summed E-state index contributed by atoms with van der Waals surface area (Å²) >= 11 is 0. The number of ether oxygens (including phenoxy) is 2. The molecule has 0 aromatic heterocycles. The number of benzene rings is 1. The van der Waals surface area contributed by atoms with E-state index in [1.54, 1.807) is 24.3 Å². The maximum Gasteiger partial charge on any atom is 0.260 e. The predicted octanol–water partition coefficient (Wildman–Crippen LogP) is 4.00. The summed E-state index contributed by atoms with van der Waals surface area (Å²) < 4.78 is 11.4. The van der Waals surface area contributed by atoms with Crippen LogP contribution in [-0.4, -0.2) is 48.6 Å². The van der Waals surface area contributed by atoms with Gasteiger partial charge in [-0.05, 0) is 63.3 Å². The highest BCUT2D eigenvalue weighted by Gasteiger charge is 2.33. The van der Waals surface area contributed by atoms with E-state index >= 15 is 0 Å². The van der Waals surface area contributed by atoms with Crippen LogP contribution in [0.5, 0.6) is 5.75 Å². The summed E-state index contributed by atoms with van der Waals surface area (Å²) in [6, 6.07) is 7.10. The van der Waals surface area contributed by atoms with E-state index in [2.05, 4.69) is 5.32 Å². The fourth-order valence-electron chi connectivity index (χ4n) is 3.33. The summed E-state index contributed by atoms with van der Waals surface area (Å²) in [7, 11) is 0. The molecule has 1 atom stereocenters. The lowest BCUT2D eigenvalue weighted by Crippen LogP contribution is -2.43. The van der Waals surface area contributed by atoms with Crippen molar-refractivity contribution in [2.75, 3.05) is 31.6 Å². The highest BCUT2D eigenvalue weighted by molar-refractivity contribution is 5.97. The molecule has 1 aromatic carbocycles. The molecule has 1 aromatic rings. The number of nitrogens with zero attached hydrogens (tertiary/aromatic N) is 1. The van der Waals surface area contributed by atoms with Gasteiger partial charge in [0.1, 0.15) is 11.4 Å². The Morgan fingerprint density at radius 1 is 1.07 bits per heavy atom. The van der Waals surface area contributed by atoms with Gasteiger partial charge in [0.25, 0.3) is 11.8 Å². The van der Waals surface area contributed by atoms with Crippen molar-refractivity contribution < 1.29 is 19.1 Å². The summed E-state index contributed by atoms with van der Waals surface area (Å²) in [5.74, 6) is 0.499. The number of rotatable bonds is 10. The molecule has 1 unspecified atom stereocenters. The van der Waals surface area contributed by atoms with E-state index in [-0.39, 0.29) is 18.4 Å². The minimum absolute atomic E-state index is 0.0282. The Morgan fingerprint density at radius 2 is 1.75 bits per heavy atom. The highest BCUT2D eigenvalue weighted by atomic mass is 16.5. The van der Waals surface area contributed by atoms with Gasteiger partial charge in [-0.25, -0.2) is 0 Å². The van der Waals surface area contributed by atoms with Crippen LogP contribution in [0.4, 0.5) is 5.69 Å². The first-order valence-corrected chi connectivity index (χ1v) is 10.4. The van der Waals surface area contributed by atoms with E-state index in [1.807, 2.05) is 25.7 Å². The zero-order valence-electron chi connectivity index (χ0n) is 17.5. The fourth-order valence-corrected chi connectivity index (χ4v) is 3.33. The first-order valence-electron chi connectivity index (χ1n) is 10.4. The maximum absolute atomic E-state index is 12.7. The molecule has 6 heteroatoms. The summed E-state index contributed by atoms with van der Waals surface area (Å²) in [6.45, 7) is 8.16. The minimum atomic E-state index is -0.833. The molecule has 1 aliphatic rings. The standard InChI is InChI=1S/C22H34N2O4/c1-4-13-22(3,28-16-5-2)21(26)23-18-9-11-19(12-10-18)27-17-20(25)24-14-7-6-8-15-24/h9-12H,4-8,13-17H2,1-3H3,(H,23,26). The van der Waals surface area contributed by atoms with Gasteiger partial charge in [0, 0.05) is 25.4 Å². The molecule has 2 rings (SSSR count). The molecule has 28 heavy (non-hydrogen) atoms. The summed E-state index contributed by atoms with van der Waals surface area (Å²) in [6.07, 6.45) is 5.73. The molecular formula is C22H34N2O4. The number of likely N-dealkylation sites (tertiary alicyclic amines) is 1. The van der Waals surface area contributed by atoms with Gasteiger partial charge >= 0.3 is 0 Å². The SMILES string of the molecule is CCCOC(C)(CCC)C(=O)Nc1ccc(OCC(=O)N2CCCCC2)cc1. The lowest BCUT2D eigenvalue weighted by atomic mass is 9.99. The van der Waals surface area contributed by atoms with Gasteiger partial charge in [0.2, 0.25) is 0 Å². The summed E-state index contributed by atoms with van der Waals surface area (Å²) in [5.41, 5.74) is -0.150. The van der Waals surface area contributed by atoms with Crippen molar-refractivity contribution in [1.82, 2.24) is 4.90 Å². The summed E-state index contributed by atoms with van der Waals surface area (Å²) in [5, 5.41) is 2.93. The topological polar surface area (TPSA) is 67.9 Å². The Bertz CT molecular complexity index is 626. The van der Waals surface area contributed by atoms with Gasteiger partial charge in [-0.2, -0.15) is 0 Å². The molecule has 156 valence electrons. The smallest absolute Gasteiger partial charge is 0.260 e. The second-order valence-electron chi connectivity index (χ2n) is 7.54. The summed E-state index contributed by atoms with van der Waals surface area (Å²) in [4.78, 5) is 26.7. The zero-order valence-corrected chi connectivity index (χ0v) is 17.5. The van der Waals surface area contributed by atoms with Crippen LogP contribution >= 0.6 is 0 Å². The predicted molar refractivity (Wildman–Crippen MR) is 111 cm³/mol. The Labute approximate surface area is 168 Å². The third-order valence-corrected chi connectivity index (χ3v) is 5.02. The quantitative estimate of drug-likeness (QED) is 0.656. The lowest BCUT2D eigenvalue weighted by molar-refractivity contribution is -0.140. The Morgan fingerprint density at radius 3 is 2.36 bits per heavy atom. The first-order chi connectivity index (χ1) is 13.5. The molecule has 0 bridgehead atoms. The molecule has 1 aliphatic heterocycles. The van der Waals surface area contributed by atoms with E-state index in [4.69, 9.17) is 9.47 Å². The van der Waals surface area contributed by atoms with Gasteiger partial charge in [-0.15, -0.1) is 0 Å². The molecular weight excluding hydrogens is 356 g/mol. The fraction of sp³-hybridized carbons (Fsp3) is 0.636. The molecule has 0 radical (unpaired) electrons. The van der Waals surface area contributed by atoms with E-state index in [0.717, 1.165) is 38.8 Å². The zero-order chi connectivity index (χ0) is 20.4. The average molecular weight is 391 g/mol. The molecule has 1 heterocycles. The van der Waals surface area contributed by atoms with Crippen molar-refractivity contribution in [2.45, 2.75) is 64.9 Å². The van der Waals surface area contributed by atoms with Crippen molar-refractivity contribution in [3.63, 3.8) is 0 Å². The Kier molecular flexibility index (Phi) is 8.77. The molecule has 1 fully saturated rings. The van der Waals surface area contributed by atoms with E-state index < -0.39 is 5.60 Å². The van der Waals surface area contributed by atoms with Crippen LogP contribution < -0.4 is 10.1 Å². The molecule has 2 amide bonds.